The lowest BCUT2D eigenvalue weighted by Gasteiger charge is -2.16. The van der Waals surface area contributed by atoms with Crippen molar-refractivity contribution in [3.63, 3.8) is 0 Å². The third-order valence-electron chi connectivity index (χ3n) is 4.79. The van der Waals surface area contributed by atoms with Crippen LogP contribution >= 0.6 is 0 Å². The Morgan fingerprint density at radius 2 is 1.25 bits per heavy atom. The van der Waals surface area contributed by atoms with Crippen molar-refractivity contribution in [3.05, 3.63) is 47.5 Å². The Bertz CT molecular complexity index is 1030. The largest absolute Gasteiger partial charge is 0.497 e. The van der Waals surface area contributed by atoms with Gasteiger partial charge in [-0.25, -0.2) is 4.79 Å². The molecule has 9 heteroatoms. The van der Waals surface area contributed by atoms with Gasteiger partial charge in [-0.2, -0.15) is 0 Å². The van der Waals surface area contributed by atoms with Crippen LogP contribution in [0.5, 0.6) is 23.0 Å². The van der Waals surface area contributed by atoms with Crippen LogP contribution in [-0.2, 0) is 25.7 Å². The molecule has 0 saturated carbocycles. The zero-order chi connectivity index (χ0) is 26.5. The van der Waals surface area contributed by atoms with Crippen LogP contribution < -0.4 is 18.9 Å². The second-order valence-electron chi connectivity index (χ2n) is 7.90. The second kappa shape index (κ2) is 14.5. The first-order valence-corrected chi connectivity index (χ1v) is 11.9. The lowest BCUT2D eigenvalue weighted by Crippen LogP contribution is -2.16. The standard InChI is InChI=1S/C27H32O9/c1-5-9-23(28)34-21-15-19(27(31)33-17-18-12-8-13-20(14-18)32-4)16-22(35-24(29)10-6-2)26(21)36-25(30)11-7-3/h8,12-16H,5-7,9-11,17H2,1-4H3. The number of carbonyl (C=O) groups excluding carboxylic acids is 4. The summed E-state index contributed by atoms with van der Waals surface area (Å²) in [6.07, 6.45) is 1.84. The summed E-state index contributed by atoms with van der Waals surface area (Å²) in [5, 5.41) is 0. The zero-order valence-corrected chi connectivity index (χ0v) is 21.1. The van der Waals surface area contributed by atoms with Crippen LogP contribution in [0.1, 0.15) is 75.2 Å². The van der Waals surface area contributed by atoms with Gasteiger partial charge in [-0.1, -0.05) is 32.9 Å². The molecule has 9 nitrogen and oxygen atoms in total. The molecule has 0 aliphatic heterocycles. The Hall–Kier alpha value is -3.88. The van der Waals surface area contributed by atoms with Crippen molar-refractivity contribution in [1.29, 1.82) is 0 Å². The van der Waals surface area contributed by atoms with E-state index in [9.17, 15) is 19.2 Å². The fourth-order valence-corrected chi connectivity index (χ4v) is 3.07. The summed E-state index contributed by atoms with van der Waals surface area (Å²) in [6.45, 7) is 5.34. The first kappa shape index (κ1) is 28.4. The highest BCUT2D eigenvalue weighted by Crippen LogP contribution is 2.40. The Morgan fingerprint density at radius 1 is 0.722 bits per heavy atom. The molecule has 0 unspecified atom stereocenters. The Labute approximate surface area is 210 Å². The van der Waals surface area contributed by atoms with Gasteiger partial charge < -0.3 is 23.7 Å². The highest BCUT2D eigenvalue weighted by molar-refractivity contribution is 5.92. The Kier molecular flexibility index (Phi) is 11.4. The van der Waals surface area contributed by atoms with Gasteiger partial charge in [0.1, 0.15) is 12.4 Å². The maximum Gasteiger partial charge on any atom is 0.338 e. The van der Waals surface area contributed by atoms with E-state index >= 15 is 0 Å². The van der Waals surface area contributed by atoms with E-state index in [1.807, 2.05) is 0 Å². The molecular formula is C27H32O9. The molecule has 0 fully saturated rings. The van der Waals surface area contributed by atoms with Gasteiger partial charge in [0.2, 0.25) is 5.75 Å². The van der Waals surface area contributed by atoms with Crippen molar-refractivity contribution in [2.75, 3.05) is 7.11 Å². The first-order chi connectivity index (χ1) is 17.3. The number of benzene rings is 2. The molecule has 0 aliphatic rings. The number of esters is 4. The first-order valence-electron chi connectivity index (χ1n) is 11.9. The van der Waals surface area contributed by atoms with Crippen molar-refractivity contribution in [1.82, 2.24) is 0 Å². The van der Waals surface area contributed by atoms with Gasteiger partial charge in [-0.3, -0.25) is 14.4 Å². The Balaban J connectivity index is 2.44. The maximum atomic E-state index is 12.9. The van der Waals surface area contributed by atoms with Gasteiger partial charge >= 0.3 is 23.9 Å². The number of hydrogen-bond acceptors (Lipinski definition) is 9. The molecule has 0 aromatic heterocycles. The molecule has 0 amide bonds. The van der Waals surface area contributed by atoms with Crippen molar-refractivity contribution < 1.29 is 42.9 Å². The topological polar surface area (TPSA) is 114 Å². The number of methoxy groups -OCH3 is 1. The summed E-state index contributed by atoms with van der Waals surface area (Å²) >= 11 is 0. The maximum absolute atomic E-state index is 12.9. The van der Waals surface area contributed by atoms with Gasteiger partial charge in [0.15, 0.2) is 11.5 Å². The predicted octanol–water partition coefficient (Wildman–Crippen LogP) is 5.17. The van der Waals surface area contributed by atoms with Gasteiger partial charge in [0.25, 0.3) is 0 Å². The summed E-state index contributed by atoms with van der Waals surface area (Å²) in [5.74, 6) is -2.63. The summed E-state index contributed by atoms with van der Waals surface area (Å²) in [5.41, 5.74) is 0.642. The number of hydrogen-bond donors (Lipinski definition) is 0. The Morgan fingerprint density at radius 3 is 1.75 bits per heavy atom. The molecule has 36 heavy (non-hydrogen) atoms. The van der Waals surface area contributed by atoms with Gasteiger partial charge in [-0.15, -0.1) is 0 Å². The van der Waals surface area contributed by atoms with Crippen molar-refractivity contribution in [2.24, 2.45) is 0 Å². The molecule has 0 N–H and O–H groups in total. The second-order valence-corrected chi connectivity index (χ2v) is 7.90. The van der Waals surface area contributed by atoms with E-state index in [1.165, 1.54) is 19.2 Å². The van der Waals surface area contributed by atoms with E-state index < -0.39 is 23.9 Å². The minimum Gasteiger partial charge on any atom is -0.497 e. The van der Waals surface area contributed by atoms with Crippen LogP contribution in [0.4, 0.5) is 0 Å². The van der Waals surface area contributed by atoms with Crippen molar-refractivity contribution in [2.45, 2.75) is 65.9 Å². The minimum atomic E-state index is -0.759. The molecular weight excluding hydrogens is 468 g/mol. The molecule has 194 valence electrons. The van der Waals surface area contributed by atoms with Crippen LogP contribution in [-0.4, -0.2) is 31.0 Å². The van der Waals surface area contributed by atoms with Crippen molar-refractivity contribution in [3.8, 4) is 23.0 Å². The van der Waals surface area contributed by atoms with E-state index in [-0.39, 0.29) is 48.7 Å². The summed E-state index contributed by atoms with van der Waals surface area (Å²) in [4.78, 5) is 49.7. The number of rotatable bonds is 13. The van der Waals surface area contributed by atoms with Crippen LogP contribution in [0, 0.1) is 0 Å². The highest BCUT2D eigenvalue weighted by atomic mass is 16.6. The van der Waals surface area contributed by atoms with E-state index in [0.29, 0.717) is 30.6 Å². The quantitative estimate of drug-likeness (QED) is 0.271. The lowest BCUT2D eigenvalue weighted by atomic mass is 10.1. The molecule has 0 atom stereocenters. The molecule has 0 saturated heterocycles. The van der Waals surface area contributed by atoms with Crippen LogP contribution in [0.3, 0.4) is 0 Å². The van der Waals surface area contributed by atoms with Crippen LogP contribution in [0.15, 0.2) is 36.4 Å². The normalized spacial score (nSPS) is 10.3. The zero-order valence-electron chi connectivity index (χ0n) is 21.1. The summed E-state index contributed by atoms with van der Waals surface area (Å²) < 4.78 is 26.8. The van der Waals surface area contributed by atoms with Gasteiger partial charge in [0.05, 0.1) is 12.7 Å². The minimum absolute atomic E-state index is 0.0493. The smallest absolute Gasteiger partial charge is 0.338 e. The summed E-state index contributed by atoms with van der Waals surface area (Å²) in [6, 6.07) is 9.47. The van der Waals surface area contributed by atoms with Crippen LogP contribution in [0.2, 0.25) is 0 Å². The van der Waals surface area contributed by atoms with E-state index in [4.69, 9.17) is 23.7 Å². The fraction of sp³-hybridized carbons (Fsp3) is 0.407. The number of carbonyl (C=O) groups is 4. The molecule has 0 spiro atoms. The van der Waals surface area contributed by atoms with E-state index in [2.05, 4.69) is 0 Å². The molecule has 2 rings (SSSR count). The van der Waals surface area contributed by atoms with Gasteiger partial charge in [-0.05, 0) is 49.1 Å². The highest BCUT2D eigenvalue weighted by Gasteiger charge is 2.25. The van der Waals surface area contributed by atoms with E-state index in [0.717, 1.165) is 0 Å². The lowest BCUT2D eigenvalue weighted by molar-refractivity contribution is -0.138. The monoisotopic (exact) mass is 500 g/mol. The number of ether oxygens (including phenoxy) is 5. The molecule has 2 aromatic rings. The van der Waals surface area contributed by atoms with Crippen molar-refractivity contribution >= 4 is 23.9 Å². The molecule has 0 radical (unpaired) electrons. The molecule has 0 heterocycles. The average molecular weight is 501 g/mol. The predicted molar refractivity (Wildman–Crippen MR) is 130 cm³/mol. The average Bonchev–Trinajstić information content (AvgIpc) is 2.84. The van der Waals surface area contributed by atoms with Gasteiger partial charge in [0, 0.05) is 19.3 Å². The van der Waals surface area contributed by atoms with E-state index in [1.54, 1.807) is 45.0 Å². The third kappa shape index (κ3) is 8.72. The fourth-order valence-electron chi connectivity index (χ4n) is 3.07. The molecule has 2 aromatic carbocycles. The SMILES string of the molecule is CCCC(=O)Oc1cc(C(=O)OCc2cccc(OC)c2)cc(OC(=O)CCC)c1OC(=O)CCC. The third-order valence-corrected chi connectivity index (χ3v) is 4.79. The van der Waals surface area contributed by atoms with Crippen LogP contribution in [0.25, 0.3) is 0 Å². The summed E-state index contributed by atoms with van der Waals surface area (Å²) in [7, 11) is 1.53. The molecule has 0 aliphatic carbocycles. The molecule has 0 bridgehead atoms.